The lowest BCUT2D eigenvalue weighted by Crippen LogP contribution is -2.27. The topological polar surface area (TPSA) is 64.3 Å². The minimum absolute atomic E-state index is 0.0279. The molecule has 0 unspecified atom stereocenters. The Kier molecular flexibility index (Phi) is 11.1. The predicted octanol–water partition coefficient (Wildman–Crippen LogP) is 5.79. The Labute approximate surface area is 192 Å². The molecule has 6 nitrogen and oxygen atoms in total. The maximum absolute atomic E-state index is 12.7. The Morgan fingerprint density at radius 2 is 1.71 bits per heavy atom. The molecule has 170 valence electrons. The number of carbonyl (C=O) groups excluding carboxylic acids is 1. The van der Waals surface area contributed by atoms with Crippen LogP contribution in [0.3, 0.4) is 0 Å². The highest BCUT2D eigenvalue weighted by molar-refractivity contribution is 7.71. The summed E-state index contributed by atoms with van der Waals surface area (Å²) >= 11 is 5.38. The highest BCUT2D eigenvalue weighted by Gasteiger charge is 2.14. The lowest BCUT2D eigenvalue weighted by Gasteiger charge is -2.25. The number of amides is 1. The van der Waals surface area contributed by atoms with E-state index in [2.05, 4.69) is 70.1 Å². The molecule has 1 aromatic carbocycles. The van der Waals surface area contributed by atoms with Gasteiger partial charge in [-0.25, -0.2) is 4.98 Å². The molecule has 0 saturated heterocycles. The number of rotatable bonds is 14. The van der Waals surface area contributed by atoms with Gasteiger partial charge in [0.1, 0.15) is 11.5 Å². The molecule has 0 atom stereocenters. The molecule has 0 aliphatic carbocycles. The van der Waals surface area contributed by atoms with Crippen LogP contribution in [0.1, 0.15) is 59.3 Å². The van der Waals surface area contributed by atoms with Crippen LogP contribution in [-0.4, -0.2) is 42.1 Å². The molecule has 1 amide bonds. The molecule has 0 radical (unpaired) electrons. The van der Waals surface area contributed by atoms with Crippen molar-refractivity contribution in [2.75, 3.05) is 41.3 Å². The summed E-state index contributed by atoms with van der Waals surface area (Å²) < 4.78 is 0.413. The van der Waals surface area contributed by atoms with Gasteiger partial charge in [0.25, 0.3) is 0 Å². The Bertz CT molecular complexity index is 835. The molecule has 0 saturated carbocycles. The second-order valence-electron chi connectivity index (χ2n) is 7.64. The van der Waals surface area contributed by atoms with E-state index in [1.54, 1.807) is 6.33 Å². The van der Waals surface area contributed by atoms with Gasteiger partial charge in [-0.3, -0.25) is 4.79 Å². The first kappa shape index (κ1) is 24.9. The molecule has 0 aliphatic heterocycles. The number of nitrogens with zero attached hydrogens (tertiary/aromatic N) is 3. The number of anilines is 3. The summed E-state index contributed by atoms with van der Waals surface area (Å²) in [5.74, 6) is 0.792. The van der Waals surface area contributed by atoms with Crippen LogP contribution in [0, 0.1) is 4.64 Å². The van der Waals surface area contributed by atoms with Crippen molar-refractivity contribution in [1.29, 1.82) is 0 Å². The second kappa shape index (κ2) is 13.8. The Morgan fingerprint density at radius 3 is 2.39 bits per heavy atom. The summed E-state index contributed by atoms with van der Waals surface area (Å²) in [6.07, 6.45) is 7.73. The number of carbonyl (C=O) groups is 1. The van der Waals surface area contributed by atoms with Crippen molar-refractivity contribution in [3.8, 4) is 0 Å². The van der Waals surface area contributed by atoms with Crippen LogP contribution >= 0.6 is 12.2 Å². The van der Waals surface area contributed by atoms with Gasteiger partial charge in [-0.05, 0) is 38.8 Å². The highest BCUT2D eigenvalue weighted by Crippen LogP contribution is 2.23. The van der Waals surface area contributed by atoms with Gasteiger partial charge in [0, 0.05) is 38.3 Å². The van der Waals surface area contributed by atoms with Gasteiger partial charge in [0.15, 0.2) is 4.64 Å². The summed E-state index contributed by atoms with van der Waals surface area (Å²) in [5.41, 5.74) is 1.82. The molecule has 1 heterocycles. The molecule has 0 bridgehead atoms. The summed E-state index contributed by atoms with van der Waals surface area (Å²) in [4.78, 5) is 24.5. The summed E-state index contributed by atoms with van der Waals surface area (Å²) in [5, 5.41) is 3.00. The van der Waals surface area contributed by atoms with E-state index < -0.39 is 0 Å². The number of nitrogens with one attached hydrogen (secondary N) is 2. The summed E-state index contributed by atoms with van der Waals surface area (Å²) in [7, 11) is 0. The van der Waals surface area contributed by atoms with E-state index in [0.717, 1.165) is 38.4 Å². The zero-order chi connectivity index (χ0) is 22.5. The normalized spacial score (nSPS) is 10.7. The molecule has 0 fully saturated rings. The van der Waals surface area contributed by atoms with Crippen molar-refractivity contribution in [3.63, 3.8) is 0 Å². The largest absolute Gasteiger partial charge is 0.372 e. The van der Waals surface area contributed by atoms with E-state index in [1.807, 2.05) is 6.07 Å². The molecule has 2 aromatic rings. The predicted molar refractivity (Wildman–Crippen MR) is 134 cm³/mol. The Hall–Kier alpha value is -2.41. The standard InChI is InChI=1S/C24H37N5OS/c1-4-7-8-12-17-29(20-14-10-9-11-15-20)18-13-16-21(30)27-22-23(28(5-2)6-3)25-19-26-24(22)31/h9-11,14-15,19H,4-8,12-13,16-18H2,1-3H3,(H,27,30)(H,25,26,31). The van der Waals surface area contributed by atoms with E-state index in [0.29, 0.717) is 16.7 Å². The molecule has 0 spiro atoms. The van der Waals surface area contributed by atoms with E-state index >= 15 is 0 Å². The van der Waals surface area contributed by atoms with Crippen LogP contribution in [0.5, 0.6) is 0 Å². The maximum Gasteiger partial charge on any atom is 0.224 e. The zero-order valence-corrected chi connectivity index (χ0v) is 20.0. The number of aromatic nitrogens is 2. The lowest BCUT2D eigenvalue weighted by atomic mass is 10.1. The van der Waals surface area contributed by atoms with Crippen molar-refractivity contribution >= 4 is 35.3 Å². The molecule has 2 rings (SSSR count). The van der Waals surface area contributed by atoms with Gasteiger partial charge in [0.2, 0.25) is 5.91 Å². The van der Waals surface area contributed by atoms with Crippen molar-refractivity contribution in [1.82, 2.24) is 9.97 Å². The fraction of sp³-hybridized carbons (Fsp3) is 0.542. The molecule has 7 heteroatoms. The van der Waals surface area contributed by atoms with Crippen LogP contribution in [0.15, 0.2) is 36.7 Å². The molecule has 0 aliphatic rings. The van der Waals surface area contributed by atoms with Gasteiger partial charge in [-0.1, -0.05) is 56.6 Å². The van der Waals surface area contributed by atoms with Crippen molar-refractivity contribution in [2.45, 2.75) is 59.3 Å². The van der Waals surface area contributed by atoms with Crippen LogP contribution in [0.25, 0.3) is 0 Å². The summed E-state index contributed by atoms with van der Waals surface area (Å²) in [6.45, 7) is 9.89. The molecule has 1 aromatic heterocycles. The first-order chi connectivity index (χ1) is 15.1. The summed E-state index contributed by atoms with van der Waals surface area (Å²) in [6, 6.07) is 10.5. The van der Waals surface area contributed by atoms with Gasteiger partial charge >= 0.3 is 0 Å². The smallest absolute Gasteiger partial charge is 0.224 e. The zero-order valence-electron chi connectivity index (χ0n) is 19.2. The van der Waals surface area contributed by atoms with E-state index in [4.69, 9.17) is 12.2 Å². The first-order valence-electron chi connectivity index (χ1n) is 11.5. The highest BCUT2D eigenvalue weighted by atomic mass is 32.1. The van der Waals surface area contributed by atoms with Crippen LogP contribution in [0.2, 0.25) is 0 Å². The van der Waals surface area contributed by atoms with Gasteiger partial charge in [-0.2, -0.15) is 0 Å². The first-order valence-corrected chi connectivity index (χ1v) is 11.9. The number of hydrogen-bond acceptors (Lipinski definition) is 5. The number of benzene rings is 1. The van der Waals surface area contributed by atoms with Gasteiger partial charge in [-0.15, -0.1) is 0 Å². The van der Waals surface area contributed by atoms with Crippen LogP contribution < -0.4 is 15.1 Å². The van der Waals surface area contributed by atoms with Gasteiger partial charge in [0.05, 0.1) is 6.33 Å². The number of aromatic amines is 1. The average molecular weight is 444 g/mol. The molecule has 31 heavy (non-hydrogen) atoms. The number of para-hydroxylation sites is 1. The Morgan fingerprint density at radius 1 is 1.00 bits per heavy atom. The fourth-order valence-corrected chi connectivity index (χ4v) is 3.86. The minimum atomic E-state index is -0.0279. The number of hydrogen-bond donors (Lipinski definition) is 2. The van der Waals surface area contributed by atoms with E-state index in [1.165, 1.54) is 31.4 Å². The van der Waals surface area contributed by atoms with E-state index in [-0.39, 0.29) is 5.91 Å². The minimum Gasteiger partial charge on any atom is -0.372 e. The van der Waals surface area contributed by atoms with Crippen molar-refractivity contribution in [2.24, 2.45) is 0 Å². The maximum atomic E-state index is 12.7. The van der Waals surface area contributed by atoms with Crippen molar-refractivity contribution < 1.29 is 4.79 Å². The molecular formula is C24H37N5OS. The molecular weight excluding hydrogens is 406 g/mol. The lowest BCUT2D eigenvalue weighted by molar-refractivity contribution is -0.116. The van der Waals surface area contributed by atoms with Gasteiger partial charge < -0.3 is 20.1 Å². The Balaban J connectivity index is 1.96. The fourth-order valence-electron chi connectivity index (χ4n) is 3.66. The number of unbranched alkanes of at least 4 members (excludes halogenated alkanes) is 3. The monoisotopic (exact) mass is 443 g/mol. The number of H-pyrrole nitrogens is 1. The third kappa shape index (κ3) is 7.98. The molecule has 2 N–H and O–H groups in total. The van der Waals surface area contributed by atoms with Crippen LogP contribution in [-0.2, 0) is 4.79 Å². The average Bonchev–Trinajstić information content (AvgIpc) is 2.79. The SMILES string of the molecule is CCCCCCN(CCCC(=O)Nc1c(N(CC)CC)[nH]cnc1=S)c1ccccc1. The second-order valence-corrected chi connectivity index (χ2v) is 8.03. The van der Waals surface area contributed by atoms with E-state index in [9.17, 15) is 4.79 Å². The third-order valence-electron chi connectivity index (χ3n) is 5.41. The quantitative estimate of drug-likeness (QED) is 0.286. The van der Waals surface area contributed by atoms with Crippen LogP contribution in [0.4, 0.5) is 17.2 Å². The third-order valence-corrected chi connectivity index (χ3v) is 5.72. The van der Waals surface area contributed by atoms with Crippen molar-refractivity contribution in [3.05, 3.63) is 41.3 Å².